The van der Waals surface area contributed by atoms with Gasteiger partial charge < -0.3 is 9.47 Å². The lowest BCUT2D eigenvalue weighted by molar-refractivity contribution is 0.0978. The van der Waals surface area contributed by atoms with Crippen LogP contribution in [-0.2, 0) is 0 Å². The molecule has 3 nitrogen and oxygen atoms in total. The van der Waals surface area contributed by atoms with Gasteiger partial charge in [0.15, 0.2) is 5.78 Å². The van der Waals surface area contributed by atoms with Crippen molar-refractivity contribution in [1.82, 2.24) is 0 Å². The molecule has 3 heteroatoms. The highest BCUT2D eigenvalue weighted by Gasteiger charge is 2.09. The molecule has 0 aliphatic heterocycles. The van der Waals surface area contributed by atoms with Crippen LogP contribution in [0.1, 0.15) is 94.3 Å². The van der Waals surface area contributed by atoms with Crippen molar-refractivity contribution in [3.63, 3.8) is 0 Å². The topological polar surface area (TPSA) is 35.5 Å². The predicted octanol–water partition coefficient (Wildman–Crippen LogP) is 6.59. The molecule has 1 rings (SSSR count). The van der Waals surface area contributed by atoms with Crippen LogP contribution >= 0.6 is 0 Å². The summed E-state index contributed by atoms with van der Waals surface area (Å²) in [5.41, 5.74) is 0.684. The summed E-state index contributed by atoms with van der Waals surface area (Å²) in [6, 6.07) is 5.38. The molecule has 0 spiro atoms. The van der Waals surface area contributed by atoms with Crippen molar-refractivity contribution in [3.05, 3.63) is 23.8 Å². The summed E-state index contributed by atoms with van der Waals surface area (Å²) in [6.45, 7) is 2.26. The van der Waals surface area contributed by atoms with Crippen molar-refractivity contribution in [2.45, 2.75) is 84.0 Å². The molecule has 0 unspecified atom stereocenters. The number of methoxy groups -OCH3 is 2. The molecular formula is C22H36O3. The van der Waals surface area contributed by atoms with E-state index in [0.29, 0.717) is 23.5 Å². The van der Waals surface area contributed by atoms with Crippen LogP contribution in [0.2, 0.25) is 0 Å². The Morgan fingerprint density at radius 2 is 1.16 bits per heavy atom. The summed E-state index contributed by atoms with van der Waals surface area (Å²) in [6.07, 6.45) is 14.8. The molecule has 0 fully saturated rings. The second kappa shape index (κ2) is 13.7. The largest absolute Gasteiger partial charge is 0.497 e. The molecule has 25 heavy (non-hydrogen) atoms. The van der Waals surface area contributed by atoms with Gasteiger partial charge in [0.1, 0.15) is 11.5 Å². The van der Waals surface area contributed by atoms with Gasteiger partial charge >= 0.3 is 0 Å². The lowest BCUT2D eigenvalue weighted by Gasteiger charge is -2.08. The third kappa shape index (κ3) is 9.52. The number of benzene rings is 1. The van der Waals surface area contributed by atoms with E-state index < -0.39 is 0 Å². The fourth-order valence-electron chi connectivity index (χ4n) is 3.06. The number of carbonyl (C=O) groups is 1. The number of hydrogen-bond acceptors (Lipinski definition) is 3. The SMILES string of the molecule is CCCCCCCCCCCCCC(=O)c1cc(OC)cc(OC)c1. The highest BCUT2D eigenvalue weighted by molar-refractivity contribution is 5.96. The van der Waals surface area contributed by atoms with E-state index in [4.69, 9.17) is 9.47 Å². The van der Waals surface area contributed by atoms with E-state index in [2.05, 4.69) is 6.92 Å². The number of hydrogen-bond donors (Lipinski definition) is 0. The quantitative estimate of drug-likeness (QED) is 0.265. The van der Waals surface area contributed by atoms with Crippen molar-refractivity contribution in [3.8, 4) is 11.5 Å². The third-order valence-electron chi connectivity index (χ3n) is 4.68. The normalized spacial score (nSPS) is 10.7. The Kier molecular flexibility index (Phi) is 11.8. The summed E-state index contributed by atoms with van der Waals surface area (Å²) >= 11 is 0. The molecule has 0 heterocycles. The van der Waals surface area contributed by atoms with Gasteiger partial charge in [-0.3, -0.25) is 4.79 Å². The van der Waals surface area contributed by atoms with E-state index in [1.165, 1.54) is 57.8 Å². The number of unbranched alkanes of at least 4 members (excludes halogenated alkanes) is 10. The third-order valence-corrected chi connectivity index (χ3v) is 4.68. The van der Waals surface area contributed by atoms with Crippen LogP contribution in [0.3, 0.4) is 0 Å². The summed E-state index contributed by atoms with van der Waals surface area (Å²) in [7, 11) is 3.21. The van der Waals surface area contributed by atoms with Gasteiger partial charge in [0.25, 0.3) is 0 Å². The van der Waals surface area contributed by atoms with E-state index in [0.717, 1.165) is 12.8 Å². The van der Waals surface area contributed by atoms with Crippen molar-refractivity contribution < 1.29 is 14.3 Å². The fourth-order valence-corrected chi connectivity index (χ4v) is 3.06. The van der Waals surface area contributed by atoms with Gasteiger partial charge in [-0.2, -0.15) is 0 Å². The maximum atomic E-state index is 12.3. The number of Topliss-reactive ketones (excluding diaryl/α,β-unsaturated/α-hetero) is 1. The Balaban J connectivity index is 2.13. The number of ketones is 1. The zero-order valence-electron chi connectivity index (χ0n) is 16.4. The average Bonchev–Trinajstić information content (AvgIpc) is 2.65. The molecule has 0 atom stereocenters. The van der Waals surface area contributed by atoms with Gasteiger partial charge in [-0.25, -0.2) is 0 Å². The minimum atomic E-state index is 0.174. The number of rotatable bonds is 15. The summed E-state index contributed by atoms with van der Waals surface area (Å²) in [4.78, 5) is 12.3. The minimum absolute atomic E-state index is 0.174. The molecule has 0 aliphatic carbocycles. The molecule has 0 aliphatic rings. The highest BCUT2D eigenvalue weighted by atomic mass is 16.5. The van der Waals surface area contributed by atoms with E-state index in [1.54, 1.807) is 32.4 Å². The smallest absolute Gasteiger partial charge is 0.163 e. The first kappa shape index (κ1) is 21.5. The van der Waals surface area contributed by atoms with Gasteiger partial charge in [-0.1, -0.05) is 71.1 Å². The molecule has 0 amide bonds. The van der Waals surface area contributed by atoms with Crippen LogP contribution in [0, 0.1) is 0 Å². The molecule has 0 saturated carbocycles. The second-order valence-corrected chi connectivity index (χ2v) is 6.81. The van der Waals surface area contributed by atoms with Crippen molar-refractivity contribution >= 4 is 5.78 Å². The standard InChI is InChI=1S/C22H36O3/c1-4-5-6-7-8-9-10-11-12-13-14-15-22(23)19-16-20(24-2)18-21(17-19)25-3/h16-18H,4-15H2,1-3H3. The van der Waals surface area contributed by atoms with Crippen LogP contribution in [-0.4, -0.2) is 20.0 Å². The molecule has 0 radical (unpaired) electrons. The van der Waals surface area contributed by atoms with Crippen LogP contribution in [0.4, 0.5) is 0 Å². The minimum Gasteiger partial charge on any atom is -0.497 e. The first-order valence-corrected chi connectivity index (χ1v) is 9.97. The zero-order valence-corrected chi connectivity index (χ0v) is 16.4. The molecule has 0 aromatic heterocycles. The Morgan fingerprint density at radius 1 is 0.720 bits per heavy atom. The van der Waals surface area contributed by atoms with E-state index in [-0.39, 0.29) is 5.78 Å². The molecule has 0 saturated heterocycles. The Morgan fingerprint density at radius 3 is 1.60 bits per heavy atom. The van der Waals surface area contributed by atoms with Crippen LogP contribution < -0.4 is 9.47 Å². The average molecular weight is 349 g/mol. The van der Waals surface area contributed by atoms with Crippen LogP contribution in [0.25, 0.3) is 0 Å². The van der Waals surface area contributed by atoms with E-state index >= 15 is 0 Å². The maximum Gasteiger partial charge on any atom is 0.163 e. The fraction of sp³-hybridized carbons (Fsp3) is 0.682. The van der Waals surface area contributed by atoms with E-state index in [1.807, 2.05) is 0 Å². The second-order valence-electron chi connectivity index (χ2n) is 6.81. The van der Waals surface area contributed by atoms with Crippen molar-refractivity contribution in [1.29, 1.82) is 0 Å². The van der Waals surface area contributed by atoms with Crippen LogP contribution in [0.5, 0.6) is 11.5 Å². The van der Waals surface area contributed by atoms with E-state index in [9.17, 15) is 4.79 Å². The van der Waals surface area contributed by atoms with Crippen molar-refractivity contribution in [2.75, 3.05) is 14.2 Å². The lowest BCUT2D eigenvalue weighted by Crippen LogP contribution is -2.00. The molecular weight excluding hydrogens is 312 g/mol. The monoisotopic (exact) mass is 348 g/mol. The first-order valence-electron chi connectivity index (χ1n) is 9.97. The van der Waals surface area contributed by atoms with Gasteiger partial charge in [0.05, 0.1) is 14.2 Å². The summed E-state index contributed by atoms with van der Waals surface area (Å²) in [5, 5.41) is 0. The number of carbonyl (C=O) groups excluding carboxylic acids is 1. The van der Waals surface area contributed by atoms with Crippen LogP contribution in [0.15, 0.2) is 18.2 Å². The Bertz CT molecular complexity index is 460. The maximum absolute atomic E-state index is 12.3. The van der Waals surface area contributed by atoms with Crippen molar-refractivity contribution in [2.24, 2.45) is 0 Å². The predicted molar refractivity (Wildman–Crippen MR) is 105 cm³/mol. The molecule has 1 aromatic rings. The first-order chi connectivity index (χ1) is 12.2. The molecule has 0 bridgehead atoms. The molecule has 0 N–H and O–H groups in total. The highest BCUT2D eigenvalue weighted by Crippen LogP contribution is 2.24. The van der Waals surface area contributed by atoms with Gasteiger partial charge in [-0.05, 0) is 18.6 Å². The lowest BCUT2D eigenvalue weighted by atomic mass is 10.0. The molecule has 142 valence electrons. The summed E-state index contributed by atoms with van der Waals surface area (Å²) < 4.78 is 10.5. The number of ether oxygens (including phenoxy) is 2. The van der Waals surface area contributed by atoms with Gasteiger partial charge in [0, 0.05) is 18.1 Å². The van der Waals surface area contributed by atoms with Gasteiger partial charge in [0.2, 0.25) is 0 Å². The Hall–Kier alpha value is -1.51. The molecule has 1 aromatic carbocycles. The zero-order chi connectivity index (χ0) is 18.3. The van der Waals surface area contributed by atoms with Gasteiger partial charge in [-0.15, -0.1) is 0 Å². The Labute approximate surface area is 154 Å². The summed E-state index contributed by atoms with van der Waals surface area (Å²) in [5.74, 6) is 1.51.